The predicted octanol–water partition coefficient (Wildman–Crippen LogP) is 1.03. The minimum atomic E-state index is -0.0337. The van der Waals surface area contributed by atoms with Crippen molar-refractivity contribution in [1.82, 2.24) is 9.80 Å². The normalized spacial score (nSPS) is 19.4. The lowest BCUT2D eigenvalue weighted by Gasteiger charge is -2.37. The Morgan fingerprint density at radius 2 is 1.95 bits per heavy atom. The maximum Gasteiger partial charge on any atom is 0.322 e. The average molecular weight is 302 g/mol. The number of urea groups is 1. The molecule has 0 saturated carbocycles. The van der Waals surface area contributed by atoms with E-state index in [4.69, 9.17) is 5.73 Å². The number of hydrogen-bond acceptors (Lipinski definition) is 3. The molecule has 1 fully saturated rings. The van der Waals surface area contributed by atoms with Gasteiger partial charge >= 0.3 is 6.03 Å². The van der Waals surface area contributed by atoms with Gasteiger partial charge in [-0.15, -0.1) is 0 Å². The Kier molecular flexibility index (Phi) is 4.29. The molecule has 1 aromatic rings. The summed E-state index contributed by atoms with van der Waals surface area (Å²) in [4.78, 5) is 27.8. The Morgan fingerprint density at radius 3 is 2.68 bits per heavy atom. The van der Waals surface area contributed by atoms with Gasteiger partial charge in [0.15, 0.2) is 0 Å². The maximum absolute atomic E-state index is 12.5. The van der Waals surface area contributed by atoms with Crippen LogP contribution in [-0.4, -0.2) is 54.0 Å². The molecule has 3 rings (SSSR count). The summed E-state index contributed by atoms with van der Waals surface area (Å²) in [5, 5.41) is 3.00. The quantitative estimate of drug-likeness (QED) is 0.856. The van der Waals surface area contributed by atoms with Crippen LogP contribution in [0.3, 0.4) is 0 Å². The van der Waals surface area contributed by atoms with Gasteiger partial charge in [-0.1, -0.05) is 18.2 Å². The third-order valence-electron chi connectivity index (χ3n) is 4.57. The fourth-order valence-corrected chi connectivity index (χ4v) is 3.29. The van der Waals surface area contributed by atoms with E-state index < -0.39 is 0 Å². The summed E-state index contributed by atoms with van der Waals surface area (Å²) in [6.07, 6.45) is 2.49. The first-order valence-electron chi connectivity index (χ1n) is 7.82. The molecule has 0 radical (unpaired) electrons. The molecule has 3 N–H and O–H groups in total. The average Bonchev–Trinajstić information content (AvgIpc) is 2.72. The van der Waals surface area contributed by atoms with Gasteiger partial charge < -0.3 is 20.9 Å². The van der Waals surface area contributed by atoms with E-state index in [0.717, 1.165) is 31.5 Å². The van der Waals surface area contributed by atoms with E-state index >= 15 is 0 Å². The van der Waals surface area contributed by atoms with Crippen LogP contribution >= 0.6 is 0 Å². The molecule has 0 aliphatic carbocycles. The molecule has 3 amide bonds. The van der Waals surface area contributed by atoms with Gasteiger partial charge in [0.1, 0.15) is 0 Å². The number of nitrogens with one attached hydrogen (secondary N) is 1. The summed E-state index contributed by atoms with van der Waals surface area (Å²) in [5.74, 6) is -0.00817. The van der Waals surface area contributed by atoms with Crippen LogP contribution in [0.4, 0.5) is 10.5 Å². The summed E-state index contributed by atoms with van der Waals surface area (Å²) in [6, 6.07) is 8.09. The van der Waals surface area contributed by atoms with Crippen molar-refractivity contribution in [2.45, 2.75) is 25.3 Å². The first-order chi connectivity index (χ1) is 10.7. The van der Waals surface area contributed by atoms with Crippen LogP contribution in [0.15, 0.2) is 24.3 Å². The zero-order valence-corrected chi connectivity index (χ0v) is 12.6. The SMILES string of the molecule is NCC(=O)N1CCC(N2CCc3ccccc3NC2=O)CC1. The van der Waals surface area contributed by atoms with Crippen LogP contribution in [0, 0.1) is 0 Å². The molecular weight excluding hydrogens is 280 g/mol. The van der Waals surface area contributed by atoms with Crippen molar-refractivity contribution >= 4 is 17.6 Å². The van der Waals surface area contributed by atoms with Crippen LogP contribution in [0.1, 0.15) is 18.4 Å². The van der Waals surface area contributed by atoms with E-state index in [2.05, 4.69) is 11.4 Å². The number of carbonyl (C=O) groups excluding carboxylic acids is 2. The minimum Gasteiger partial charge on any atom is -0.341 e. The Bertz CT molecular complexity index is 567. The van der Waals surface area contributed by atoms with E-state index in [9.17, 15) is 9.59 Å². The molecule has 0 unspecified atom stereocenters. The lowest BCUT2D eigenvalue weighted by molar-refractivity contribution is -0.131. The van der Waals surface area contributed by atoms with Gasteiger partial charge in [-0.3, -0.25) is 4.79 Å². The Labute approximate surface area is 130 Å². The molecule has 2 aliphatic heterocycles. The maximum atomic E-state index is 12.5. The first-order valence-corrected chi connectivity index (χ1v) is 7.82. The van der Waals surface area contributed by atoms with E-state index in [1.54, 1.807) is 4.90 Å². The molecule has 0 aromatic heterocycles. The number of nitrogens with zero attached hydrogens (tertiary/aromatic N) is 2. The second kappa shape index (κ2) is 6.36. The summed E-state index contributed by atoms with van der Waals surface area (Å²) in [6.45, 7) is 2.14. The molecule has 2 aliphatic rings. The molecule has 2 heterocycles. The highest BCUT2D eigenvalue weighted by Crippen LogP contribution is 2.24. The van der Waals surface area contributed by atoms with Crippen LogP contribution in [0.25, 0.3) is 0 Å². The Hall–Kier alpha value is -2.08. The Morgan fingerprint density at radius 1 is 1.23 bits per heavy atom. The van der Waals surface area contributed by atoms with Crippen molar-refractivity contribution in [3.8, 4) is 0 Å². The molecule has 1 aromatic carbocycles. The second-order valence-electron chi connectivity index (χ2n) is 5.85. The summed E-state index contributed by atoms with van der Waals surface area (Å²) in [7, 11) is 0. The lowest BCUT2D eigenvalue weighted by atomic mass is 10.0. The van der Waals surface area contributed by atoms with Crippen molar-refractivity contribution in [2.75, 3.05) is 31.5 Å². The molecule has 6 nitrogen and oxygen atoms in total. The number of para-hydroxylation sites is 1. The predicted molar refractivity (Wildman–Crippen MR) is 84.5 cm³/mol. The molecule has 1 saturated heterocycles. The first kappa shape index (κ1) is 14.8. The summed E-state index contributed by atoms with van der Waals surface area (Å²) < 4.78 is 0. The van der Waals surface area contributed by atoms with Gasteiger partial charge in [0.25, 0.3) is 0 Å². The highest BCUT2D eigenvalue weighted by molar-refractivity contribution is 5.91. The van der Waals surface area contributed by atoms with Gasteiger partial charge in [-0.25, -0.2) is 4.79 Å². The minimum absolute atomic E-state index is 0.00817. The van der Waals surface area contributed by atoms with Crippen LogP contribution in [0.5, 0.6) is 0 Å². The van der Waals surface area contributed by atoms with Crippen molar-refractivity contribution in [2.24, 2.45) is 5.73 Å². The topological polar surface area (TPSA) is 78.7 Å². The van der Waals surface area contributed by atoms with Gasteiger partial charge in [0.2, 0.25) is 5.91 Å². The molecule has 0 spiro atoms. The van der Waals surface area contributed by atoms with Crippen LogP contribution in [-0.2, 0) is 11.2 Å². The van der Waals surface area contributed by atoms with E-state index in [1.165, 1.54) is 5.56 Å². The van der Waals surface area contributed by atoms with Gasteiger partial charge in [0, 0.05) is 31.4 Å². The number of nitrogens with two attached hydrogens (primary N) is 1. The second-order valence-corrected chi connectivity index (χ2v) is 5.85. The molecule has 0 bridgehead atoms. The van der Waals surface area contributed by atoms with E-state index in [-0.39, 0.29) is 24.5 Å². The zero-order chi connectivity index (χ0) is 15.5. The Balaban J connectivity index is 1.65. The molecule has 22 heavy (non-hydrogen) atoms. The molecular formula is C16H22N4O2. The highest BCUT2D eigenvalue weighted by atomic mass is 16.2. The van der Waals surface area contributed by atoms with Crippen LogP contribution < -0.4 is 11.1 Å². The zero-order valence-electron chi connectivity index (χ0n) is 12.6. The number of benzene rings is 1. The van der Waals surface area contributed by atoms with Gasteiger partial charge in [-0.2, -0.15) is 0 Å². The van der Waals surface area contributed by atoms with Crippen molar-refractivity contribution in [3.05, 3.63) is 29.8 Å². The summed E-state index contributed by atoms with van der Waals surface area (Å²) in [5.41, 5.74) is 7.49. The number of likely N-dealkylation sites (tertiary alicyclic amines) is 1. The van der Waals surface area contributed by atoms with Gasteiger partial charge in [0.05, 0.1) is 6.54 Å². The van der Waals surface area contributed by atoms with Crippen molar-refractivity contribution in [1.29, 1.82) is 0 Å². The molecule has 118 valence electrons. The molecule has 0 atom stereocenters. The third kappa shape index (κ3) is 2.92. The fraction of sp³-hybridized carbons (Fsp3) is 0.500. The number of fused-ring (bicyclic) bond motifs is 1. The largest absolute Gasteiger partial charge is 0.341 e. The monoisotopic (exact) mass is 302 g/mol. The number of carbonyl (C=O) groups is 2. The van der Waals surface area contributed by atoms with Gasteiger partial charge in [-0.05, 0) is 30.9 Å². The highest BCUT2D eigenvalue weighted by Gasteiger charge is 2.30. The number of amides is 3. The number of piperidine rings is 1. The van der Waals surface area contributed by atoms with Crippen LogP contribution in [0.2, 0.25) is 0 Å². The van der Waals surface area contributed by atoms with E-state index in [0.29, 0.717) is 13.1 Å². The smallest absolute Gasteiger partial charge is 0.322 e. The van der Waals surface area contributed by atoms with Crippen molar-refractivity contribution < 1.29 is 9.59 Å². The van der Waals surface area contributed by atoms with Crippen molar-refractivity contribution in [3.63, 3.8) is 0 Å². The number of rotatable bonds is 2. The number of hydrogen-bond donors (Lipinski definition) is 2. The van der Waals surface area contributed by atoms with E-state index in [1.807, 2.05) is 23.1 Å². The fourth-order valence-electron chi connectivity index (χ4n) is 3.29. The lowest BCUT2D eigenvalue weighted by Crippen LogP contribution is -2.50. The summed E-state index contributed by atoms with van der Waals surface area (Å²) >= 11 is 0. The number of anilines is 1. The molecule has 6 heteroatoms. The standard InChI is InChI=1S/C16H22N4O2/c17-11-15(21)19-8-6-13(7-9-19)20-10-5-12-3-1-2-4-14(12)18-16(20)22/h1-4,13H,5-11,17H2,(H,18,22). The third-order valence-corrected chi connectivity index (χ3v) is 4.57.